The van der Waals surface area contributed by atoms with E-state index in [9.17, 15) is 14.4 Å². The molecule has 1 heterocycles. The molecule has 0 saturated heterocycles. The van der Waals surface area contributed by atoms with E-state index in [1.807, 2.05) is 13.8 Å². The van der Waals surface area contributed by atoms with Gasteiger partial charge in [-0.3, -0.25) is 9.36 Å². The molecule has 0 saturated carbocycles. The molecule has 0 bridgehead atoms. The lowest BCUT2D eigenvalue weighted by molar-refractivity contribution is 0.0497. The quantitative estimate of drug-likeness (QED) is 0.760. The first-order valence-corrected chi connectivity index (χ1v) is 5.61. The zero-order chi connectivity index (χ0) is 12.8. The van der Waals surface area contributed by atoms with Crippen molar-refractivity contribution in [2.45, 2.75) is 33.2 Å². The Labute approximate surface area is 98.2 Å². The van der Waals surface area contributed by atoms with E-state index in [1.54, 1.807) is 0 Å². The number of carbonyl (C=O) groups is 1. The number of nitrogens with one attached hydrogen (secondary N) is 1. The first kappa shape index (κ1) is 13.2. The van der Waals surface area contributed by atoms with Crippen LogP contribution in [-0.4, -0.2) is 22.1 Å². The summed E-state index contributed by atoms with van der Waals surface area (Å²) in [5.74, 6) is -0.676. The number of hydrogen-bond donors (Lipinski definition) is 1. The highest BCUT2D eigenvalue weighted by molar-refractivity contribution is 5.86. The summed E-state index contributed by atoms with van der Waals surface area (Å²) in [4.78, 5) is 36.9. The predicted octanol–water partition coefficient (Wildman–Crippen LogP) is 0.513. The van der Waals surface area contributed by atoms with Crippen molar-refractivity contribution in [2.24, 2.45) is 0 Å². The molecule has 0 unspecified atom stereocenters. The summed E-state index contributed by atoms with van der Waals surface area (Å²) in [6, 6.07) is 1.09. The summed E-state index contributed by atoms with van der Waals surface area (Å²) in [5.41, 5.74) is -1.16. The van der Waals surface area contributed by atoms with Crippen molar-refractivity contribution >= 4 is 5.97 Å². The van der Waals surface area contributed by atoms with Crippen LogP contribution < -0.4 is 11.2 Å². The van der Waals surface area contributed by atoms with Gasteiger partial charge < -0.3 is 9.72 Å². The largest absolute Gasteiger partial charge is 0.461 e. The summed E-state index contributed by atoms with van der Waals surface area (Å²) >= 11 is 0. The topological polar surface area (TPSA) is 81.2 Å². The molecule has 0 aromatic carbocycles. The van der Waals surface area contributed by atoms with Crippen LogP contribution in [0.2, 0.25) is 0 Å². The van der Waals surface area contributed by atoms with E-state index in [-0.39, 0.29) is 12.3 Å². The van der Waals surface area contributed by atoms with Gasteiger partial charge in [0.15, 0.2) is 0 Å². The minimum absolute atomic E-state index is 0.0965. The van der Waals surface area contributed by atoms with Gasteiger partial charge >= 0.3 is 11.7 Å². The van der Waals surface area contributed by atoms with Crippen LogP contribution in [-0.2, 0) is 11.3 Å². The number of H-pyrrole nitrogens is 1. The molecule has 1 rings (SSSR count). The maximum Gasteiger partial charge on any atom is 0.355 e. The summed E-state index contributed by atoms with van der Waals surface area (Å²) in [5, 5.41) is 0. The third kappa shape index (κ3) is 3.30. The number of hydrogen-bond acceptors (Lipinski definition) is 4. The number of rotatable bonds is 5. The molecule has 6 nitrogen and oxygen atoms in total. The molecular formula is C11H16N2O4. The summed E-state index contributed by atoms with van der Waals surface area (Å²) in [6.07, 6.45) is 1.35. The lowest BCUT2D eigenvalue weighted by atomic mass is 10.4. The zero-order valence-electron chi connectivity index (χ0n) is 9.99. The van der Waals surface area contributed by atoms with Crippen LogP contribution >= 0.6 is 0 Å². The lowest BCUT2D eigenvalue weighted by Crippen LogP contribution is -2.36. The average molecular weight is 240 g/mol. The van der Waals surface area contributed by atoms with Gasteiger partial charge in [0.25, 0.3) is 5.56 Å². The number of ether oxygens (including phenoxy) is 1. The predicted molar refractivity (Wildman–Crippen MR) is 62.2 cm³/mol. The molecule has 0 radical (unpaired) electrons. The van der Waals surface area contributed by atoms with Crippen LogP contribution in [0, 0.1) is 0 Å². The Kier molecular flexibility index (Phi) is 4.68. The van der Waals surface area contributed by atoms with Crippen molar-refractivity contribution in [3.8, 4) is 0 Å². The summed E-state index contributed by atoms with van der Waals surface area (Å²) in [7, 11) is 0. The van der Waals surface area contributed by atoms with E-state index < -0.39 is 17.2 Å². The monoisotopic (exact) mass is 240 g/mol. The fourth-order valence-electron chi connectivity index (χ4n) is 1.34. The standard InChI is InChI=1S/C11H16N2O4/c1-3-5-13-9(14)7-8(12-11(13)16)10(15)17-6-4-2/h7H,3-6H2,1-2H3,(H,12,16). The van der Waals surface area contributed by atoms with E-state index in [1.165, 1.54) is 0 Å². The van der Waals surface area contributed by atoms with Crippen LogP contribution in [0.15, 0.2) is 15.7 Å². The Morgan fingerprint density at radius 1 is 1.35 bits per heavy atom. The van der Waals surface area contributed by atoms with Crippen LogP contribution in [0.25, 0.3) is 0 Å². The maximum absolute atomic E-state index is 11.6. The molecule has 0 atom stereocenters. The molecule has 0 amide bonds. The van der Waals surface area contributed by atoms with Crippen molar-refractivity contribution in [3.05, 3.63) is 32.6 Å². The van der Waals surface area contributed by atoms with Gasteiger partial charge in [0.2, 0.25) is 0 Å². The van der Waals surface area contributed by atoms with Crippen LogP contribution in [0.4, 0.5) is 0 Å². The van der Waals surface area contributed by atoms with E-state index in [0.717, 1.165) is 10.6 Å². The van der Waals surface area contributed by atoms with E-state index in [0.29, 0.717) is 19.4 Å². The van der Waals surface area contributed by atoms with Gasteiger partial charge in [0.1, 0.15) is 5.69 Å². The van der Waals surface area contributed by atoms with Crippen LogP contribution in [0.3, 0.4) is 0 Å². The van der Waals surface area contributed by atoms with Gasteiger partial charge in [-0.1, -0.05) is 13.8 Å². The Balaban J connectivity index is 3.02. The number of esters is 1. The maximum atomic E-state index is 11.6. The summed E-state index contributed by atoms with van der Waals surface area (Å²) in [6.45, 7) is 4.31. The first-order valence-electron chi connectivity index (χ1n) is 5.61. The van der Waals surface area contributed by atoms with Gasteiger partial charge in [0, 0.05) is 12.6 Å². The SMILES string of the molecule is CCCOC(=O)c1cc(=O)n(CCC)c(=O)[nH]1. The highest BCUT2D eigenvalue weighted by Gasteiger charge is 2.11. The number of aromatic nitrogens is 2. The number of nitrogens with zero attached hydrogens (tertiary/aromatic N) is 1. The average Bonchev–Trinajstić information content (AvgIpc) is 2.30. The van der Waals surface area contributed by atoms with E-state index in [2.05, 4.69) is 4.98 Å². The van der Waals surface area contributed by atoms with Crippen molar-refractivity contribution in [2.75, 3.05) is 6.61 Å². The Morgan fingerprint density at radius 3 is 2.59 bits per heavy atom. The van der Waals surface area contributed by atoms with Crippen molar-refractivity contribution in [1.82, 2.24) is 9.55 Å². The van der Waals surface area contributed by atoms with Crippen LogP contribution in [0.1, 0.15) is 37.2 Å². The second kappa shape index (κ2) is 6.03. The number of carbonyl (C=O) groups excluding carboxylic acids is 1. The third-order valence-corrected chi connectivity index (χ3v) is 2.13. The molecule has 0 aliphatic heterocycles. The number of aromatic amines is 1. The van der Waals surface area contributed by atoms with Gasteiger partial charge in [-0.2, -0.15) is 0 Å². The Bertz CT molecular complexity index is 470. The Hall–Kier alpha value is -1.85. The zero-order valence-corrected chi connectivity index (χ0v) is 9.99. The van der Waals surface area contributed by atoms with Crippen molar-refractivity contribution in [1.29, 1.82) is 0 Å². The minimum Gasteiger partial charge on any atom is -0.461 e. The molecule has 6 heteroatoms. The van der Waals surface area contributed by atoms with Gasteiger partial charge in [-0.25, -0.2) is 9.59 Å². The van der Waals surface area contributed by atoms with Crippen molar-refractivity contribution < 1.29 is 9.53 Å². The second-order valence-electron chi connectivity index (χ2n) is 3.61. The molecule has 0 spiro atoms. The molecule has 0 fully saturated rings. The highest BCUT2D eigenvalue weighted by atomic mass is 16.5. The fraction of sp³-hybridized carbons (Fsp3) is 0.545. The second-order valence-corrected chi connectivity index (χ2v) is 3.61. The minimum atomic E-state index is -0.676. The smallest absolute Gasteiger partial charge is 0.355 e. The molecule has 94 valence electrons. The molecule has 1 aromatic rings. The normalized spacial score (nSPS) is 10.2. The molecule has 0 aliphatic rings. The van der Waals surface area contributed by atoms with Gasteiger partial charge in [0.05, 0.1) is 6.61 Å². The molecular weight excluding hydrogens is 224 g/mol. The molecule has 1 N–H and O–H groups in total. The van der Waals surface area contributed by atoms with Crippen molar-refractivity contribution in [3.63, 3.8) is 0 Å². The van der Waals surface area contributed by atoms with Gasteiger partial charge in [-0.15, -0.1) is 0 Å². The van der Waals surface area contributed by atoms with E-state index >= 15 is 0 Å². The third-order valence-electron chi connectivity index (χ3n) is 2.13. The van der Waals surface area contributed by atoms with Gasteiger partial charge in [-0.05, 0) is 12.8 Å². The molecule has 17 heavy (non-hydrogen) atoms. The summed E-state index contributed by atoms with van der Waals surface area (Å²) < 4.78 is 5.88. The van der Waals surface area contributed by atoms with E-state index in [4.69, 9.17) is 4.74 Å². The molecule has 0 aliphatic carbocycles. The first-order chi connectivity index (χ1) is 8.10. The lowest BCUT2D eigenvalue weighted by Gasteiger charge is -2.05. The Morgan fingerprint density at radius 2 is 2.06 bits per heavy atom. The molecule has 1 aromatic heterocycles. The fourth-order valence-corrected chi connectivity index (χ4v) is 1.34. The highest BCUT2D eigenvalue weighted by Crippen LogP contribution is 1.93. The van der Waals surface area contributed by atoms with Crippen LogP contribution in [0.5, 0.6) is 0 Å².